The van der Waals surface area contributed by atoms with Crippen LogP contribution in [0.1, 0.15) is 26.2 Å². The van der Waals surface area contributed by atoms with Crippen molar-refractivity contribution in [3.63, 3.8) is 0 Å². The summed E-state index contributed by atoms with van der Waals surface area (Å²) in [7, 11) is 0. The molecule has 0 aromatic carbocycles. The molecule has 0 aliphatic carbocycles. The Kier molecular flexibility index (Phi) is 6.93. The van der Waals surface area contributed by atoms with Crippen molar-refractivity contribution in [1.82, 2.24) is 10.2 Å². The monoisotopic (exact) mass is 274 g/mol. The molecular formula is C12H22N2O3S. The maximum Gasteiger partial charge on any atom is 0.317 e. The van der Waals surface area contributed by atoms with Crippen LogP contribution < -0.4 is 5.32 Å². The van der Waals surface area contributed by atoms with Gasteiger partial charge in [0.15, 0.2) is 0 Å². The van der Waals surface area contributed by atoms with Crippen molar-refractivity contribution in [2.45, 2.75) is 26.2 Å². The van der Waals surface area contributed by atoms with Crippen LogP contribution in [0.3, 0.4) is 0 Å². The third-order valence-electron chi connectivity index (χ3n) is 3.02. The van der Waals surface area contributed by atoms with Crippen molar-refractivity contribution < 1.29 is 14.7 Å². The van der Waals surface area contributed by atoms with Crippen LogP contribution in [-0.4, -0.2) is 53.1 Å². The number of carboxylic acid groups (broad SMARTS) is 1. The van der Waals surface area contributed by atoms with E-state index in [-0.39, 0.29) is 11.9 Å². The Morgan fingerprint density at radius 3 is 2.89 bits per heavy atom. The molecule has 0 radical (unpaired) electrons. The Hall–Kier alpha value is -0.910. The Bertz CT molecular complexity index is 278. The van der Waals surface area contributed by atoms with Crippen molar-refractivity contribution in [2.24, 2.45) is 5.92 Å². The van der Waals surface area contributed by atoms with Gasteiger partial charge in [0.05, 0.1) is 5.92 Å². The molecule has 5 nitrogen and oxygen atoms in total. The fourth-order valence-electron chi connectivity index (χ4n) is 1.79. The SMILES string of the molecule is CC(CCCNC(=O)N1CCCSCC1)C(=O)O. The number of carboxylic acids is 1. The number of rotatable bonds is 5. The molecule has 1 rings (SSSR count). The van der Waals surface area contributed by atoms with Gasteiger partial charge in [-0.25, -0.2) is 4.79 Å². The summed E-state index contributed by atoms with van der Waals surface area (Å²) in [5, 5.41) is 11.6. The van der Waals surface area contributed by atoms with Crippen molar-refractivity contribution >= 4 is 23.8 Å². The first-order chi connectivity index (χ1) is 8.61. The zero-order valence-corrected chi connectivity index (χ0v) is 11.7. The molecule has 1 heterocycles. The lowest BCUT2D eigenvalue weighted by molar-refractivity contribution is -0.141. The molecule has 0 aromatic rings. The van der Waals surface area contributed by atoms with Crippen LogP contribution >= 0.6 is 11.8 Å². The molecule has 1 unspecified atom stereocenters. The van der Waals surface area contributed by atoms with E-state index in [1.807, 2.05) is 16.7 Å². The third kappa shape index (κ3) is 5.62. The molecule has 2 N–H and O–H groups in total. The molecule has 0 saturated carbocycles. The van der Waals surface area contributed by atoms with Gasteiger partial charge >= 0.3 is 12.0 Å². The highest BCUT2D eigenvalue weighted by Gasteiger charge is 2.15. The van der Waals surface area contributed by atoms with Crippen molar-refractivity contribution in [2.75, 3.05) is 31.1 Å². The van der Waals surface area contributed by atoms with Crippen LogP contribution in [0.4, 0.5) is 4.79 Å². The Morgan fingerprint density at radius 2 is 2.17 bits per heavy atom. The first-order valence-corrected chi connectivity index (χ1v) is 7.60. The molecule has 1 saturated heterocycles. The number of nitrogens with zero attached hydrogens (tertiary/aromatic N) is 1. The minimum absolute atomic E-state index is 0.0134. The first-order valence-electron chi connectivity index (χ1n) is 6.44. The molecule has 0 spiro atoms. The van der Waals surface area contributed by atoms with Gasteiger partial charge in [-0.3, -0.25) is 4.79 Å². The quantitative estimate of drug-likeness (QED) is 0.748. The summed E-state index contributed by atoms with van der Waals surface area (Å²) >= 11 is 1.89. The number of carbonyl (C=O) groups excluding carboxylic acids is 1. The zero-order chi connectivity index (χ0) is 13.4. The minimum atomic E-state index is -0.772. The highest BCUT2D eigenvalue weighted by atomic mass is 32.2. The highest BCUT2D eigenvalue weighted by Crippen LogP contribution is 2.10. The lowest BCUT2D eigenvalue weighted by Gasteiger charge is -2.20. The van der Waals surface area contributed by atoms with E-state index in [9.17, 15) is 9.59 Å². The van der Waals surface area contributed by atoms with Crippen LogP contribution in [-0.2, 0) is 4.79 Å². The van der Waals surface area contributed by atoms with Crippen molar-refractivity contribution in [1.29, 1.82) is 0 Å². The molecule has 1 aliphatic rings. The van der Waals surface area contributed by atoms with Crippen LogP contribution in [0.25, 0.3) is 0 Å². The number of urea groups is 1. The van der Waals surface area contributed by atoms with Gasteiger partial charge in [0.25, 0.3) is 0 Å². The average Bonchev–Trinajstić information content (AvgIpc) is 2.62. The number of hydrogen-bond donors (Lipinski definition) is 2. The number of aliphatic carboxylic acids is 1. The van der Waals surface area contributed by atoms with Crippen LogP contribution in [0, 0.1) is 5.92 Å². The molecule has 1 fully saturated rings. The lowest BCUT2D eigenvalue weighted by Crippen LogP contribution is -2.41. The average molecular weight is 274 g/mol. The van der Waals surface area contributed by atoms with Crippen molar-refractivity contribution in [3.05, 3.63) is 0 Å². The summed E-state index contributed by atoms with van der Waals surface area (Å²) in [6.07, 6.45) is 2.36. The highest BCUT2D eigenvalue weighted by molar-refractivity contribution is 7.99. The number of hydrogen-bond acceptors (Lipinski definition) is 3. The van der Waals surface area contributed by atoms with E-state index in [0.29, 0.717) is 19.4 Å². The van der Waals surface area contributed by atoms with Gasteiger partial charge < -0.3 is 15.3 Å². The summed E-state index contributed by atoms with van der Waals surface area (Å²) in [5.74, 6) is 1.02. The lowest BCUT2D eigenvalue weighted by atomic mass is 10.1. The second-order valence-electron chi connectivity index (χ2n) is 4.57. The number of nitrogens with one attached hydrogen (secondary N) is 1. The third-order valence-corrected chi connectivity index (χ3v) is 4.07. The normalized spacial score (nSPS) is 17.9. The topological polar surface area (TPSA) is 69.6 Å². The molecule has 2 amide bonds. The molecule has 0 aromatic heterocycles. The largest absolute Gasteiger partial charge is 0.481 e. The molecular weight excluding hydrogens is 252 g/mol. The van der Waals surface area contributed by atoms with E-state index >= 15 is 0 Å². The number of thioether (sulfide) groups is 1. The maximum atomic E-state index is 11.8. The Morgan fingerprint density at radius 1 is 1.39 bits per heavy atom. The first kappa shape index (κ1) is 15.1. The van der Waals surface area contributed by atoms with Gasteiger partial charge in [-0.15, -0.1) is 0 Å². The summed E-state index contributed by atoms with van der Waals surface area (Å²) in [6.45, 7) is 3.88. The predicted molar refractivity (Wildman–Crippen MR) is 72.9 cm³/mol. The van der Waals surface area contributed by atoms with Crippen molar-refractivity contribution in [3.8, 4) is 0 Å². The summed E-state index contributed by atoms with van der Waals surface area (Å²) in [6, 6.07) is -0.0134. The fraction of sp³-hybridized carbons (Fsp3) is 0.833. The molecule has 0 bridgehead atoms. The smallest absolute Gasteiger partial charge is 0.317 e. The second kappa shape index (κ2) is 8.24. The maximum absolute atomic E-state index is 11.8. The van der Waals surface area contributed by atoms with E-state index in [4.69, 9.17) is 5.11 Å². The molecule has 1 aliphatic heterocycles. The van der Waals surface area contributed by atoms with Gasteiger partial charge in [-0.05, 0) is 25.0 Å². The van der Waals surface area contributed by atoms with E-state index in [0.717, 1.165) is 31.0 Å². The second-order valence-corrected chi connectivity index (χ2v) is 5.79. The summed E-state index contributed by atoms with van der Waals surface area (Å²) in [5.41, 5.74) is 0. The fourth-order valence-corrected chi connectivity index (χ4v) is 2.67. The Labute approximate surface area is 112 Å². The van der Waals surface area contributed by atoms with Crippen LogP contribution in [0.5, 0.6) is 0 Å². The van der Waals surface area contributed by atoms with E-state index in [2.05, 4.69) is 5.32 Å². The molecule has 6 heteroatoms. The van der Waals surface area contributed by atoms with Gasteiger partial charge in [0.1, 0.15) is 0 Å². The zero-order valence-electron chi connectivity index (χ0n) is 10.9. The van der Waals surface area contributed by atoms with E-state index in [1.54, 1.807) is 6.92 Å². The number of carbonyl (C=O) groups is 2. The van der Waals surface area contributed by atoms with E-state index in [1.165, 1.54) is 0 Å². The Balaban J connectivity index is 2.14. The number of amides is 2. The van der Waals surface area contributed by atoms with Gasteiger partial charge in [0.2, 0.25) is 0 Å². The van der Waals surface area contributed by atoms with Gasteiger partial charge in [-0.2, -0.15) is 11.8 Å². The van der Waals surface area contributed by atoms with Gasteiger partial charge in [0, 0.05) is 25.4 Å². The molecule has 104 valence electrons. The van der Waals surface area contributed by atoms with E-state index < -0.39 is 5.97 Å². The minimum Gasteiger partial charge on any atom is -0.481 e. The molecule has 1 atom stereocenters. The van der Waals surface area contributed by atoms with Crippen LogP contribution in [0.2, 0.25) is 0 Å². The van der Waals surface area contributed by atoms with Gasteiger partial charge in [-0.1, -0.05) is 6.92 Å². The van der Waals surface area contributed by atoms with Crippen LogP contribution in [0.15, 0.2) is 0 Å². The predicted octanol–water partition coefficient (Wildman–Crippen LogP) is 1.64. The summed E-state index contributed by atoms with van der Waals surface area (Å²) < 4.78 is 0. The molecule has 18 heavy (non-hydrogen) atoms. The standard InChI is InChI=1S/C12H22N2O3S/c1-10(11(15)16)4-2-5-13-12(17)14-6-3-8-18-9-7-14/h10H,2-9H2,1H3,(H,13,17)(H,15,16). The summed E-state index contributed by atoms with van der Waals surface area (Å²) in [4.78, 5) is 24.3.